The lowest BCUT2D eigenvalue weighted by Gasteiger charge is -2.14. The molecule has 1 aliphatic carbocycles. The smallest absolute Gasteiger partial charge is 0.306 e. The van der Waals surface area contributed by atoms with Crippen LogP contribution in [0.2, 0.25) is 0 Å². The Hall–Kier alpha value is -2.24. The molecule has 2 rings (SSSR count). The van der Waals surface area contributed by atoms with Gasteiger partial charge >= 0.3 is 5.97 Å². The van der Waals surface area contributed by atoms with Gasteiger partial charge < -0.3 is 5.11 Å². The number of benzene rings is 1. The van der Waals surface area contributed by atoms with Crippen molar-refractivity contribution < 1.29 is 19.6 Å². The Balaban J connectivity index is 2.17. The number of rotatable bonds is 5. The number of ketones is 1. The van der Waals surface area contributed by atoms with Gasteiger partial charge in [0, 0.05) is 12.5 Å². The maximum atomic E-state index is 12.2. The normalized spacial score (nSPS) is 21.6. The fourth-order valence-corrected chi connectivity index (χ4v) is 2.82. The Morgan fingerprint density at radius 3 is 2.65 bits per heavy atom. The van der Waals surface area contributed by atoms with Gasteiger partial charge in [-0.15, -0.1) is 0 Å². The van der Waals surface area contributed by atoms with Gasteiger partial charge in [0.05, 0.1) is 16.4 Å². The van der Waals surface area contributed by atoms with Crippen LogP contribution in [-0.2, 0) is 4.79 Å². The SMILES string of the molecule is O=C(C[C@@H]1CCC[C@H]1C(=O)O)c1ccccc1[N+](=O)[O-]. The summed E-state index contributed by atoms with van der Waals surface area (Å²) in [5.41, 5.74) is -0.157. The number of Topliss-reactive ketones (excluding diaryl/α,β-unsaturated/α-hetero) is 1. The van der Waals surface area contributed by atoms with Crippen LogP contribution in [0.3, 0.4) is 0 Å². The molecule has 1 fully saturated rings. The predicted molar refractivity (Wildman–Crippen MR) is 70.5 cm³/mol. The first kappa shape index (κ1) is 14.2. The number of carboxylic acids is 1. The van der Waals surface area contributed by atoms with Crippen molar-refractivity contribution in [1.29, 1.82) is 0 Å². The number of aliphatic carboxylic acids is 1. The number of para-hydroxylation sites is 1. The molecule has 0 bridgehead atoms. The molecule has 0 spiro atoms. The standard InChI is InChI=1S/C14H15NO5/c16-13(8-9-4-3-6-10(9)14(17)18)11-5-1-2-7-12(11)15(19)20/h1-2,5,7,9-10H,3-4,6,8H2,(H,17,18)/t9-,10+/m0/s1. The van der Waals surface area contributed by atoms with Gasteiger partial charge in [-0.2, -0.15) is 0 Å². The molecule has 0 amide bonds. The van der Waals surface area contributed by atoms with E-state index in [1.165, 1.54) is 18.2 Å². The second-order valence-electron chi connectivity index (χ2n) is 5.04. The number of carbonyl (C=O) groups is 2. The molecule has 1 aromatic carbocycles. The van der Waals surface area contributed by atoms with E-state index in [9.17, 15) is 19.7 Å². The zero-order valence-corrected chi connectivity index (χ0v) is 10.8. The van der Waals surface area contributed by atoms with Gasteiger partial charge in [0.15, 0.2) is 5.78 Å². The van der Waals surface area contributed by atoms with Crippen LogP contribution < -0.4 is 0 Å². The zero-order valence-electron chi connectivity index (χ0n) is 10.8. The molecule has 0 radical (unpaired) electrons. The van der Waals surface area contributed by atoms with Crippen LogP contribution in [0.1, 0.15) is 36.0 Å². The first-order valence-electron chi connectivity index (χ1n) is 6.50. The van der Waals surface area contributed by atoms with Crippen LogP contribution in [0.25, 0.3) is 0 Å². The summed E-state index contributed by atoms with van der Waals surface area (Å²) < 4.78 is 0. The highest BCUT2D eigenvalue weighted by molar-refractivity contribution is 6.00. The lowest BCUT2D eigenvalue weighted by molar-refractivity contribution is -0.385. The number of hydrogen-bond acceptors (Lipinski definition) is 4. The van der Waals surface area contributed by atoms with Crippen molar-refractivity contribution in [3.63, 3.8) is 0 Å². The van der Waals surface area contributed by atoms with Crippen molar-refractivity contribution >= 4 is 17.4 Å². The average molecular weight is 277 g/mol. The quantitative estimate of drug-likeness (QED) is 0.507. The highest BCUT2D eigenvalue weighted by atomic mass is 16.6. The third-order valence-corrected chi connectivity index (χ3v) is 3.83. The van der Waals surface area contributed by atoms with Crippen LogP contribution in [0.15, 0.2) is 24.3 Å². The lowest BCUT2D eigenvalue weighted by Crippen LogP contribution is -2.21. The van der Waals surface area contributed by atoms with Crippen molar-refractivity contribution in [2.24, 2.45) is 11.8 Å². The summed E-state index contributed by atoms with van der Waals surface area (Å²) in [5, 5.41) is 20.0. The molecule has 1 aliphatic rings. The van der Waals surface area contributed by atoms with Gasteiger partial charge in [0.2, 0.25) is 0 Å². The number of nitro groups is 1. The van der Waals surface area contributed by atoms with Crippen LogP contribution in [0.4, 0.5) is 5.69 Å². The Labute approximate surface area is 115 Å². The molecular formula is C14H15NO5. The van der Waals surface area contributed by atoms with Crippen molar-refractivity contribution in [2.45, 2.75) is 25.7 Å². The van der Waals surface area contributed by atoms with E-state index in [-0.39, 0.29) is 29.4 Å². The fraction of sp³-hybridized carbons (Fsp3) is 0.429. The van der Waals surface area contributed by atoms with E-state index in [2.05, 4.69) is 0 Å². The summed E-state index contributed by atoms with van der Waals surface area (Å²) in [6.07, 6.45) is 2.10. The predicted octanol–water partition coefficient (Wildman–Crippen LogP) is 2.67. The molecule has 0 aliphatic heterocycles. The van der Waals surface area contributed by atoms with Crippen molar-refractivity contribution in [1.82, 2.24) is 0 Å². The molecule has 1 aromatic rings. The molecule has 6 heteroatoms. The van der Waals surface area contributed by atoms with Crippen LogP contribution in [0, 0.1) is 22.0 Å². The third kappa shape index (κ3) is 2.84. The number of carbonyl (C=O) groups excluding carboxylic acids is 1. The van der Waals surface area contributed by atoms with Crippen molar-refractivity contribution in [3.8, 4) is 0 Å². The van der Waals surface area contributed by atoms with Crippen molar-refractivity contribution in [3.05, 3.63) is 39.9 Å². The highest BCUT2D eigenvalue weighted by Gasteiger charge is 2.35. The third-order valence-electron chi connectivity index (χ3n) is 3.83. The van der Waals surface area contributed by atoms with Crippen LogP contribution in [0.5, 0.6) is 0 Å². The van der Waals surface area contributed by atoms with E-state index in [0.29, 0.717) is 12.8 Å². The van der Waals surface area contributed by atoms with E-state index < -0.39 is 16.8 Å². The molecule has 1 saturated carbocycles. The van der Waals surface area contributed by atoms with E-state index >= 15 is 0 Å². The minimum atomic E-state index is -0.886. The van der Waals surface area contributed by atoms with E-state index in [4.69, 9.17) is 5.11 Å². The maximum absolute atomic E-state index is 12.2. The summed E-state index contributed by atoms with van der Waals surface area (Å²) in [6, 6.07) is 5.79. The Kier molecular flexibility index (Phi) is 4.12. The first-order valence-corrected chi connectivity index (χ1v) is 6.50. The second kappa shape index (κ2) is 5.81. The minimum Gasteiger partial charge on any atom is -0.481 e. The fourth-order valence-electron chi connectivity index (χ4n) is 2.82. The van der Waals surface area contributed by atoms with E-state index in [0.717, 1.165) is 6.42 Å². The Morgan fingerprint density at radius 2 is 2.00 bits per heavy atom. The summed E-state index contributed by atoms with van der Waals surface area (Å²) in [4.78, 5) is 33.6. The van der Waals surface area contributed by atoms with Gasteiger partial charge in [-0.3, -0.25) is 19.7 Å². The summed E-state index contributed by atoms with van der Waals surface area (Å²) in [6.45, 7) is 0. The molecule has 2 atom stereocenters. The number of nitrogens with zero attached hydrogens (tertiary/aromatic N) is 1. The molecule has 1 N–H and O–H groups in total. The highest BCUT2D eigenvalue weighted by Crippen LogP contribution is 2.35. The number of nitro benzene ring substituents is 1. The summed E-state index contributed by atoms with van der Waals surface area (Å²) in [5.74, 6) is -1.97. The number of hydrogen-bond donors (Lipinski definition) is 1. The van der Waals surface area contributed by atoms with E-state index in [1.807, 2.05) is 0 Å². The van der Waals surface area contributed by atoms with Gasteiger partial charge in [-0.1, -0.05) is 18.6 Å². The molecule has 0 heterocycles. The van der Waals surface area contributed by atoms with Crippen LogP contribution in [-0.4, -0.2) is 21.8 Å². The molecular weight excluding hydrogens is 262 g/mol. The Morgan fingerprint density at radius 1 is 1.30 bits per heavy atom. The second-order valence-corrected chi connectivity index (χ2v) is 5.04. The minimum absolute atomic E-state index is 0.0574. The Bertz CT molecular complexity index is 554. The lowest BCUT2D eigenvalue weighted by atomic mass is 9.89. The number of carboxylic acid groups (broad SMARTS) is 1. The summed E-state index contributed by atoms with van der Waals surface area (Å²) >= 11 is 0. The molecule has 0 aromatic heterocycles. The van der Waals surface area contributed by atoms with Crippen LogP contribution >= 0.6 is 0 Å². The molecule has 6 nitrogen and oxygen atoms in total. The van der Waals surface area contributed by atoms with Crippen molar-refractivity contribution in [2.75, 3.05) is 0 Å². The molecule has 106 valence electrons. The largest absolute Gasteiger partial charge is 0.481 e. The monoisotopic (exact) mass is 277 g/mol. The maximum Gasteiger partial charge on any atom is 0.306 e. The van der Waals surface area contributed by atoms with Gasteiger partial charge in [0.1, 0.15) is 0 Å². The zero-order chi connectivity index (χ0) is 14.7. The van der Waals surface area contributed by atoms with E-state index in [1.54, 1.807) is 6.07 Å². The van der Waals surface area contributed by atoms with Gasteiger partial charge in [-0.05, 0) is 24.8 Å². The summed E-state index contributed by atoms with van der Waals surface area (Å²) in [7, 11) is 0. The molecule has 0 saturated heterocycles. The topological polar surface area (TPSA) is 97.5 Å². The first-order chi connectivity index (χ1) is 9.50. The molecule has 0 unspecified atom stereocenters. The van der Waals surface area contributed by atoms with Gasteiger partial charge in [0.25, 0.3) is 5.69 Å². The average Bonchev–Trinajstić information content (AvgIpc) is 2.87. The molecule has 20 heavy (non-hydrogen) atoms. The van der Waals surface area contributed by atoms with Gasteiger partial charge in [-0.25, -0.2) is 0 Å².